The number of nitrogens with one attached hydrogen (secondary N) is 1. The summed E-state index contributed by atoms with van der Waals surface area (Å²) in [7, 11) is 3.36. The smallest absolute Gasteiger partial charge is 0.303 e. The fourth-order valence-electron chi connectivity index (χ4n) is 0.574. The summed E-state index contributed by atoms with van der Waals surface area (Å²) in [5.74, 6) is -0.0706. The number of hydrogen-bond donors (Lipinski definition) is 2. The third-order valence-electron chi connectivity index (χ3n) is 1.13. The number of carbonyl (C=O) groups is 1. The Morgan fingerprint density at radius 2 is 2.20 bits per heavy atom. The van der Waals surface area contributed by atoms with E-state index in [1.165, 1.54) is 0 Å². The summed E-state index contributed by atoms with van der Waals surface area (Å²) in [5.41, 5.74) is 0. The molecule has 0 aromatic heterocycles. The number of carboxylic acids is 1. The molecule has 0 aromatic carbocycles. The summed E-state index contributed by atoms with van der Waals surface area (Å²) in [4.78, 5) is 13.9. The van der Waals surface area contributed by atoms with Gasteiger partial charge in [-0.05, 0) is 0 Å². The van der Waals surface area contributed by atoms with Crippen LogP contribution in [0.15, 0.2) is 4.99 Å². The van der Waals surface area contributed by atoms with E-state index in [9.17, 15) is 4.79 Å². The molecule has 0 saturated carbocycles. The first-order valence-electron chi connectivity index (χ1n) is 3.06. The van der Waals surface area contributed by atoms with Gasteiger partial charge < -0.3 is 10.4 Å². The van der Waals surface area contributed by atoms with Crippen molar-refractivity contribution >= 4 is 11.8 Å². The Bertz CT molecular complexity index is 143. The van der Waals surface area contributed by atoms with Crippen LogP contribution in [0.1, 0.15) is 12.8 Å². The van der Waals surface area contributed by atoms with Crippen molar-refractivity contribution in [3.05, 3.63) is 0 Å². The number of hydrogen-bond acceptors (Lipinski definition) is 2. The van der Waals surface area contributed by atoms with Crippen molar-refractivity contribution in [3.8, 4) is 0 Å². The normalized spacial score (nSPS) is 11.2. The van der Waals surface area contributed by atoms with Crippen LogP contribution in [0.3, 0.4) is 0 Å². The van der Waals surface area contributed by atoms with Gasteiger partial charge in [0, 0.05) is 20.5 Å². The second-order valence-electron chi connectivity index (χ2n) is 1.81. The lowest BCUT2D eigenvalue weighted by atomic mass is 10.3. The summed E-state index contributed by atoms with van der Waals surface area (Å²) in [5, 5.41) is 11.1. The van der Waals surface area contributed by atoms with Crippen LogP contribution in [0.4, 0.5) is 0 Å². The maximum atomic E-state index is 10.1. The lowest BCUT2D eigenvalue weighted by molar-refractivity contribution is -0.136. The molecule has 4 heteroatoms. The maximum Gasteiger partial charge on any atom is 0.303 e. The molecule has 0 radical (unpaired) electrons. The van der Waals surface area contributed by atoms with Crippen molar-refractivity contribution in [1.29, 1.82) is 0 Å². The van der Waals surface area contributed by atoms with Crippen molar-refractivity contribution in [2.75, 3.05) is 14.1 Å². The molecular formula is C6H12N2O2. The van der Waals surface area contributed by atoms with E-state index in [0.29, 0.717) is 6.42 Å². The zero-order valence-corrected chi connectivity index (χ0v) is 6.22. The standard InChI is InChI=1S/C6H12N2O2/c1-7-5(8-2)3-4-6(9)10/h3-4H2,1-2H3,(H,7,8)(H,9,10). The van der Waals surface area contributed by atoms with Crippen LogP contribution in [0.25, 0.3) is 0 Å². The minimum atomic E-state index is -0.795. The van der Waals surface area contributed by atoms with E-state index < -0.39 is 5.97 Å². The maximum absolute atomic E-state index is 10.1. The Kier molecular flexibility index (Phi) is 4.28. The highest BCUT2D eigenvalue weighted by molar-refractivity contribution is 5.84. The fourth-order valence-corrected chi connectivity index (χ4v) is 0.574. The Morgan fingerprint density at radius 1 is 1.60 bits per heavy atom. The van der Waals surface area contributed by atoms with Crippen LogP contribution >= 0.6 is 0 Å². The van der Waals surface area contributed by atoms with Gasteiger partial charge >= 0.3 is 5.97 Å². The van der Waals surface area contributed by atoms with Crippen LogP contribution in [0, 0.1) is 0 Å². The van der Waals surface area contributed by atoms with Gasteiger partial charge in [0.1, 0.15) is 0 Å². The Hall–Kier alpha value is -1.06. The van der Waals surface area contributed by atoms with Crippen LogP contribution in [-0.4, -0.2) is 31.0 Å². The van der Waals surface area contributed by atoms with E-state index in [1.807, 2.05) is 0 Å². The van der Waals surface area contributed by atoms with Gasteiger partial charge in [-0.1, -0.05) is 0 Å². The number of aliphatic carboxylic acids is 1. The molecule has 0 bridgehead atoms. The van der Waals surface area contributed by atoms with Gasteiger partial charge in [0.2, 0.25) is 0 Å². The van der Waals surface area contributed by atoms with Crippen molar-refractivity contribution in [2.45, 2.75) is 12.8 Å². The average molecular weight is 144 g/mol. The first-order chi connectivity index (χ1) is 4.70. The van der Waals surface area contributed by atoms with E-state index in [4.69, 9.17) is 5.11 Å². The molecule has 0 amide bonds. The molecule has 0 spiro atoms. The molecule has 0 aliphatic carbocycles. The molecule has 0 aromatic rings. The molecule has 4 nitrogen and oxygen atoms in total. The van der Waals surface area contributed by atoms with Gasteiger partial charge in [-0.2, -0.15) is 0 Å². The minimum Gasteiger partial charge on any atom is -0.481 e. The van der Waals surface area contributed by atoms with Gasteiger partial charge in [-0.25, -0.2) is 0 Å². The van der Waals surface area contributed by atoms with Gasteiger partial charge in [-0.3, -0.25) is 9.79 Å². The predicted octanol–water partition coefficient (Wildman–Crippen LogP) is 0.0989. The SMILES string of the molecule is CN=C(CCC(=O)O)NC. The fraction of sp³-hybridized carbons (Fsp3) is 0.667. The van der Waals surface area contributed by atoms with Crippen LogP contribution in [-0.2, 0) is 4.79 Å². The van der Waals surface area contributed by atoms with E-state index in [-0.39, 0.29) is 6.42 Å². The number of nitrogens with zero attached hydrogens (tertiary/aromatic N) is 1. The molecule has 0 fully saturated rings. The number of carboxylic acid groups (broad SMARTS) is 1. The van der Waals surface area contributed by atoms with Gasteiger partial charge in [0.05, 0.1) is 12.3 Å². The first kappa shape index (κ1) is 8.94. The second-order valence-corrected chi connectivity index (χ2v) is 1.81. The molecular weight excluding hydrogens is 132 g/mol. The highest BCUT2D eigenvalue weighted by atomic mass is 16.4. The molecule has 2 N–H and O–H groups in total. The Balaban J connectivity index is 3.56. The highest BCUT2D eigenvalue weighted by Crippen LogP contribution is 1.89. The number of amidine groups is 1. The zero-order chi connectivity index (χ0) is 7.98. The number of rotatable bonds is 3. The second kappa shape index (κ2) is 4.78. The van der Waals surface area contributed by atoms with Crippen molar-refractivity contribution in [3.63, 3.8) is 0 Å². The summed E-state index contributed by atoms with van der Waals surface area (Å²) < 4.78 is 0. The lowest BCUT2D eigenvalue weighted by Crippen LogP contribution is -2.18. The summed E-state index contributed by atoms with van der Waals surface area (Å²) >= 11 is 0. The largest absolute Gasteiger partial charge is 0.481 e. The van der Waals surface area contributed by atoms with Crippen LogP contribution in [0.5, 0.6) is 0 Å². The van der Waals surface area contributed by atoms with E-state index in [2.05, 4.69) is 10.3 Å². The number of aliphatic imine (C=N–C) groups is 1. The van der Waals surface area contributed by atoms with E-state index >= 15 is 0 Å². The zero-order valence-electron chi connectivity index (χ0n) is 6.22. The van der Waals surface area contributed by atoms with E-state index in [0.717, 1.165) is 5.84 Å². The monoisotopic (exact) mass is 144 g/mol. The molecule has 0 aliphatic heterocycles. The molecule has 0 heterocycles. The Labute approximate surface area is 60.0 Å². The van der Waals surface area contributed by atoms with Crippen molar-refractivity contribution in [1.82, 2.24) is 5.32 Å². The molecule has 10 heavy (non-hydrogen) atoms. The topological polar surface area (TPSA) is 61.7 Å². The molecule has 0 unspecified atom stereocenters. The van der Waals surface area contributed by atoms with Gasteiger partial charge in [-0.15, -0.1) is 0 Å². The predicted molar refractivity (Wildman–Crippen MR) is 39.3 cm³/mol. The van der Waals surface area contributed by atoms with Gasteiger partial charge in [0.15, 0.2) is 0 Å². The van der Waals surface area contributed by atoms with Gasteiger partial charge in [0.25, 0.3) is 0 Å². The molecule has 0 rings (SSSR count). The average Bonchev–Trinajstić information content (AvgIpc) is 1.90. The van der Waals surface area contributed by atoms with Crippen molar-refractivity contribution in [2.24, 2.45) is 4.99 Å². The minimum absolute atomic E-state index is 0.132. The molecule has 0 saturated heterocycles. The van der Waals surface area contributed by atoms with Crippen LogP contribution < -0.4 is 5.32 Å². The summed E-state index contributed by atoms with van der Waals surface area (Å²) in [6, 6.07) is 0. The first-order valence-corrected chi connectivity index (χ1v) is 3.06. The highest BCUT2D eigenvalue weighted by Gasteiger charge is 1.99. The summed E-state index contributed by atoms with van der Waals surface area (Å²) in [6.07, 6.45) is 0.607. The Morgan fingerprint density at radius 3 is 2.50 bits per heavy atom. The lowest BCUT2D eigenvalue weighted by Gasteiger charge is -2.00. The van der Waals surface area contributed by atoms with Crippen molar-refractivity contribution < 1.29 is 9.90 Å². The quantitative estimate of drug-likeness (QED) is 0.436. The third kappa shape index (κ3) is 3.88. The molecule has 0 aliphatic rings. The third-order valence-corrected chi connectivity index (χ3v) is 1.13. The van der Waals surface area contributed by atoms with E-state index in [1.54, 1.807) is 14.1 Å². The summed E-state index contributed by atoms with van der Waals surface area (Å²) in [6.45, 7) is 0. The molecule has 58 valence electrons. The molecule has 0 atom stereocenters. The van der Waals surface area contributed by atoms with Crippen LogP contribution in [0.2, 0.25) is 0 Å².